The fourth-order valence-electron chi connectivity index (χ4n) is 1.95. The molecule has 84 valence electrons. The van der Waals surface area contributed by atoms with Crippen molar-refractivity contribution in [3.63, 3.8) is 0 Å². The molecule has 0 aliphatic heterocycles. The van der Waals surface area contributed by atoms with E-state index < -0.39 is 0 Å². The Hall–Kier alpha value is -1.77. The topological polar surface area (TPSA) is 54.7 Å². The third-order valence-electron chi connectivity index (χ3n) is 2.68. The first kappa shape index (κ1) is 10.7. The molecule has 2 rings (SSSR count). The molecule has 0 radical (unpaired) electrons. The zero-order chi connectivity index (χ0) is 11.5. The lowest BCUT2D eigenvalue weighted by atomic mass is 10.0. The number of benzene rings is 1. The number of nitrogen functional groups attached to an aromatic ring is 1. The van der Waals surface area contributed by atoms with E-state index in [-0.39, 0.29) is 0 Å². The van der Waals surface area contributed by atoms with Gasteiger partial charge in [-0.05, 0) is 18.9 Å². The predicted octanol–water partition coefficient (Wildman–Crippen LogP) is 2.92. The number of aryl methyl sites for hydroxylation is 2. The van der Waals surface area contributed by atoms with Crippen LogP contribution in [0.25, 0.3) is 11.1 Å². The zero-order valence-electron chi connectivity index (χ0n) is 9.75. The smallest absolute Gasteiger partial charge is 0.153 e. The van der Waals surface area contributed by atoms with Crippen LogP contribution in [0.1, 0.15) is 24.6 Å². The highest BCUT2D eigenvalue weighted by Gasteiger charge is 2.11. The average molecular weight is 215 g/mol. The molecule has 0 aliphatic rings. The van der Waals surface area contributed by atoms with Crippen LogP contribution in [-0.4, -0.2) is 10.2 Å². The van der Waals surface area contributed by atoms with Gasteiger partial charge < -0.3 is 5.73 Å². The van der Waals surface area contributed by atoms with Gasteiger partial charge in [0.15, 0.2) is 5.82 Å². The Labute approximate surface area is 95.7 Å². The maximum Gasteiger partial charge on any atom is 0.153 e. The van der Waals surface area contributed by atoms with E-state index in [0.717, 1.165) is 29.7 Å². The second kappa shape index (κ2) is 4.39. The Bertz CT molecular complexity index is 486. The van der Waals surface area contributed by atoms with Gasteiger partial charge in [0.05, 0.1) is 0 Å². The Kier molecular flexibility index (Phi) is 2.95. The van der Waals surface area contributed by atoms with Crippen molar-refractivity contribution in [3.05, 3.63) is 35.5 Å². The number of H-pyrrole nitrogens is 1. The van der Waals surface area contributed by atoms with Crippen molar-refractivity contribution >= 4 is 5.82 Å². The summed E-state index contributed by atoms with van der Waals surface area (Å²) in [5, 5.41) is 7.11. The molecule has 0 fully saturated rings. The third kappa shape index (κ3) is 1.94. The molecule has 3 heteroatoms. The molecule has 0 spiro atoms. The van der Waals surface area contributed by atoms with Crippen molar-refractivity contribution in [2.24, 2.45) is 0 Å². The molecule has 1 aromatic carbocycles. The van der Waals surface area contributed by atoms with Crippen LogP contribution in [-0.2, 0) is 6.42 Å². The van der Waals surface area contributed by atoms with Crippen LogP contribution in [0.5, 0.6) is 0 Å². The minimum Gasteiger partial charge on any atom is -0.382 e. The van der Waals surface area contributed by atoms with Gasteiger partial charge in [-0.25, -0.2) is 0 Å². The third-order valence-corrected chi connectivity index (χ3v) is 2.68. The molecule has 0 bridgehead atoms. The molecule has 0 saturated heterocycles. The van der Waals surface area contributed by atoms with Crippen molar-refractivity contribution in [1.82, 2.24) is 10.2 Å². The van der Waals surface area contributed by atoms with Crippen molar-refractivity contribution in [3.8, 4) is 11.1 Å². The standard InChI is InChI=1S/C13H17N3/c1-3-5-11-12(13(14)16-15-11)10-7-4-6-9(2)8-10/h4,6-8H,3,5H2,1-2H3,(H3,14,15,16). The summed E-state index contributed by atoms with van der Waals surface area (Å²) in [6, 6.07) is 8.35. The minimum absolute atomic E-state index is 0.592. The molecule has 1 heterocycles. The van der Waals surface area contributed by atoms with E-state index in [2.05, 4.69) is 42.2 Å². The molecule has 3 N–H and O–H groups in total. The van der Waals surface area contributed by atoms with Gasteiger partial charge in [-0.3, -0.25) is 5.10 Å². The summed E-state index contributed by atoms with van der Waals surface area (Å²) >= 11 is 0. The van der Waals surface area contributed by atoms with Crippen LogP contribution in [0.15, 0.2) is 24.3 Å². The number of aromatic nitrogens is 2. The van der Waals surface area contributed by atoms with Gasteiger partial charge in [-0.15, -0.1) is 0 Å². The van der Waals surface area contributed by atoms with Crippen LogP contribution in [0.2, 0.25) is 0 Å². The van der Waals surface area contributed by atoms with E-state index in [9.17, 15) is 0 Å². The Morgan fingerprint density at radius 3 is 2.88 bits per heavy atom. The van der Waals surface area contributed by atoms with Gasteiger partial charge in [0, 0.05) is 11.3 Å². The van der Waals surface area contributed by atoms with Gasteiger partial charge >= 0.3 is 0 Å². The molecule has 1 aromatic heterocycles. The van der Waals surface area contributed by atoms with Gasteiger partial charge in [0.1, 0.15) is 0 Å². The summed E-state index contributed by atoms with van der Waals surface area (Å²) in [5.41, 5.74) is 10.5. The van der Waals surface area contributed by atoms with Gasteiger partial charge in [-0.2, -0.15) is 5.10 Å². The van der Waals surface area contributed by atoms with E-state index in [0.29, 0.717) is 5.82 Å². The summed E-state index contributed by atoms with van der Waals surface area (Å²) in [6.07, 6.45) is 2.06. The minimum atomic E-state index is 0.592. The second-order valence-corrected chi connectivity index (χ2v) is 4.08. The molecule has 0 atom stereocenters. The first-order chi connectivity index (χ1) is 7.72. The number of hydrogen-bond acceptors (Lipinski definition) is 2. The van der Waals surface area contributed by atoms with Crippen LogP contribution in [0.4, 0.5) is 5.82 Å². The highest BCUT2D eigenvalue weighted by atomic mass is 15.2. The van der Waals surface area contributed by atoms with Crippen molar-refractivity contribution in [2.45, 2.75) is 26.7 Å². The Balaban J connectivity index is 2.50. The Morgan fingerprint density at radius 2 is 2.19 bits per heavy atom. The lowest BCUT2D eigenvalue weighted by Gasteiger charge is -2.04. The van der Waals surface area contributed by atoms with E-state index in [4.69, 9.17) is 5.73 Å². The average Bonchev–Trinajstić information content (AvgIpc) is 2.60. The molecular weight excluding hydrogens is 198 g/mol. The number of nitrogens with zero attached hydrogens (tertiary/aromatic N) is 1. The largest absolute Gasteiger partial charge is 0.382 e. The summed E-state index contributed by atoms with van der Waals surface area (Å²) < 4.78 is 0. The van der Waals surface area contributed by atoms with Crippen molar-refractivity contribution in [1.29, 1.82) is 0 Å². The van der Waals surface area contributed by atoms with E-state index >= 15 is 0 Å². The fourth-order valence-corrected chi connectivity index (χ4v) is 1.95. The summed E-state index contributed by atoms with van der Waals surface area (Å²) in [6.45, 7) is 4.23. The number of hydrogen-bond donors (Lipinski definition) is 2. The van der Waals surface area contributed by atoms with E-state index in [1.165, 1.54) is 5.56 Å². The molecule has 0 saturated carbocycles. The van der Waals surface area contributed by atoms with Gasteiger partial charge in [0.2, 0.25) is 0 Å². The SMILES string of the molecule is CCCc1[nH]nc(N)c1-c1cccc(C)c1. The summed E-state index contributed by atoms with van der Waals surface area (Å²) in [5.74, 6) is 0.592. The first-order valence-corrected chi connectivity index (χ1v) is 5.62. The van der Waals surface area contributed by atoms with Gasteiger partial charge in [0.25, 0.3) is 0 Å². The highest BCUT2D eigenvalue weighted by molar-refractivity contribution is 5.76. The monoisotopic (exact) mass is 215 g/mol. The van der Waals surface area contributed by atoms with Crippen LogP contribution < -0.4 is 5.73 Å². The van der Waals surface area contributed by atoms with E-state index in [1.54, 1.807) is 0 Å². The number of anilines is 1. The predicted molar refractivity (Wildman–Crippen MR) is 67.2 cm³/mol. The van der Waals surface area contributed by atoms with E-state index in [1.807, 2.05) is 6.07 Å². The van der Waals surface area contributed by atoms with Gasteiger partial charge in [-0.1, -0.05) is 43.2 Å². The van der Waals surface area contributed by atoms with Crippen LogP contribution in [0, 0.1) is 6.92 Å². The second-order valence-electron chi connectivity index (χ2n) is 4.08. The lowest BCUT2D eigenvalue weighted by Crippen LogP contribution is -1.91. The molecule has 3 nitrogen and oxygen atoms in total. The Morgan fingerprint density at radius 1 is 1.38 bits per heavy atom. The molecule has 2 aromatic rings. The summed E-state index contributed by atoms with van der Waals surface area (Å²) in [4.78, 5) is 0. The number of nitrogens with two attached hydrogens (primary N) is 1. The molecule has 0 unspecified atom stereocenters. The highest BCUT2D eigenvalue weighted by Crippen LogP contribution is 2.29. The first-order valence-electron chi connectivity index (χ1n) is 5.62. The quantitative estimate of drug-likeness (QED) is 0.827. The number of rotatable bonds is 3. The molecular formula is C13H17N3. The fraction of sp³-hybridized carbons (Fsp3) is 0.308. The normalized spacial score (nSPS) is 10.6. The number of nitrogens with one attached hydrogen (secondary N) is 1. The number of aromatic amines is 1. The van der Waals surface area contributed by atoms with Crippen molar-refractivity contribution in [2.75, 3.05) is 5.73 Å². The zero-order valence-corrected chi connectivity index (χ0v) is 9.75. The lowest BCUT2D eigenvalue weighted by molar-refractivity contribution is 0.869. The molecule has 16 heavy (non-hydrogen) atoms. The maximum atomic E-state index is 5.91. The molecule has 0 amide bonds. The molecule has 0 aliphatic carbocycles. The maximum absolute atomic E-state index is 5.91. The van der Waals surface area contributed by atoms with Crippen LogP contribution in [0.3, 0.4) is 0 Å². The summed E-state index contributed by atoms with van der Waals surface area (Å²) in [7, 11) is 0. The van der Waals surface area contributed by atoms with Crippen LogP contribution >= 0.6 is 0 Å². The van der Waals surface area contributed by atoms with Crippen molar-refractivity contribution < 1.29 is 0 Å².